The summed E-state index contributed by atoms with van der Waals surface area (Å²) in [6.07, 6.45) is 2.25. The Hall–Kier alpha value is -1.26. The zero-order valence-electron chi connectivity index (χ0n) is 11.8. The van der Waals surface area contributed by atoms with E-state index in [0.717, 1.165) is 44.0 Å². The number of benzene rings is 1. The number of rotatable bonds is 7. The first-order valence-electron chi connectivity index (χ1n) is 6.95. The average Bonchev–Trinajstić information content (AvgIpc) is 2.93. The van der Waals surface area contributed by atoms with Crippen LogP contribution in [0, 0.1) is 0 Å². The fourth-order valence-corrected chi connectivity index (χ4v) is 2.10. The van der Waals surface area contributed by atoms with Crippen LogP contribution in [0.15, 0.2) is 18.2 Å². The summed E-state index contributed by atoms with van der Waals surface area (Å²) in [5.74, 6) is 1.73. The SMILES string of the molecule is CCCNCc1ccc(OC)cc1OC1CCOC1. The van der Waals surface area contributed by atoms with E-state index in [1.54, 1.807) is 7.11 Å². The molecule has 106 valence electrons. The van der Waals surface area contributed by atoms with Crippen molar-refractivity contribution in [1.82, 2.24) is 5.32 Å². The molecule has 1 unspecified atom stereocenters. The van der Waals surface area contributed by atoms with Crippen molar-refractivity contribution in [2.75, 3.05) is 26.9 Å². The Morgan fingerprint density at radius 3 is 3.00 bits per heavy atom. The molecule has 1 aromatic rings. The molecule has 0 radical (unpaired) electrons. The van der Waals surface area contributed by atoms with E-state index in [9.17, 15) is 0 Å². The highest BCUT2D eigenvalue weighted by Crippen LogP contribution is 2.27. The molecule has 4 nitrogen and oxygen atoms in total. The van der Waals surface area contributed by atoms with Gasteiger partial charge in [-0.2, -0.15) is 0 Å². The molecule has 1 atom stereocenters. The maximum Gasteiger partial charge on any atom is 0.128 e. The summed E-state index contributed by atoms with van der Waals surface area (Å²) < 4.78 is 16.7. The zero-order chi connectivity index (χ0) is 13.5. The molecule has 0 aromatic heterocycles. The van der Waals surface area contributed by atoms with Gasteiger partial charge in [-0.05, 0) is 19.0 Å². The predicted octanol–water partition coefficient (Wildman–Crippen LogP) is 2.36. The first-order chi connectivity index (χ1) is 9.33. The number of methoxy groups -OCH3 is 1. The topological polar surface area (TPSA) is 39.7 Å². The minimum Gasteiger partial charge on any atom is -0.497 e. The van der Waals surface area contributed by atoms with E-state index in [1.807, 2.05) is 12.1 Å². The lowest BCUT2D eigenvalue weighted by Crippen LogP contribution is -2.19. The molecule has 1 fully saturated rings. The number of hydrogen-bond donors (Lipinski definition) is 1. The first-order valence-corrected chi connectivity index (χ1v) is 6.95. The van der Waals surface area contributed by atoms with Gasteiger partial charge in [0.1, 0.15) is 17.6 Å². The summed E-state index contributed by atoms with van der Waals surface area (Å²) in [6, 6.07) is 5.99. The van der Waals surface area contributed by atoms with E-state index in [4.69, 9.17) is 14.2 Å². The van der Waals surface area contributed by atoms with Crippen LogP contribution in [-0.4, -0.2) is 33.0 Å². The Bertz CT molecular complexity index is 389. The van der Waals surface area contributed by atoms with Gasteiger partial charge in [0.15, 0.2) is 0 Å². The highest BCUT2D eigenvalue weighted by molar-refractivity contribution is 5.41. The van der Waals surface area contributed by atoms with Crippen molar-refractivity contribution in [1.29, 1.82) is 0 Å². The lowest BCUT2D eigenvalue weighted by molar-refractivity contribution is 0.140. The monoisotopic (exact) mass is 265 g/mol. The van der Waals surface area contributed by atoms with Crippen molar-refractivity contribution in [3.05, 3.63) is 23.8 Å². The standard InChI is InChI=1S/C15H23NO3/c1-3-7-16-10-12-4-5-13(17-2)9-15(12)19-14-6-8-18-11-14/h4-5,9,14,16H,3,6-8,10-11H2,1-2H3. The van der Waals surface area contributed by atoms with Crippen LogP contribution >= 0.6 is 0 Å². The van der Waals surface area contributed by atoms with Gasteiger partial charge in [0, 0.05) is 24.6 Å². The molecule has 1 heterocycles. The number of ether oxygens (including phenoxy) is 3. The maximum absolute atomic E-state index is 6.03. The number of nitrogens with one attached hydrogen (secondary N) is 1. The van der Waals surface area contributed by atoms with E-state index in [-0.39, 0.29) is 6.10 Å². The van der Waals surface area contributed by atoms with Gasteiger partial charge in [-0.3, -0.25) is 0 Å². The lowest BCUT2D eigenvalue weighted by Gasteiger charge is -2.17. The Morgan fingerprint density at radius 1 is 1.42 bits per heavy atom. The van der Waals surface area contributed by atoms with Crippen LogP contribution in [0.5, 0.6) is 11.5 Å². The molecule has 4 heteroatoms. The third-order valence-corrected chi connectivity index (χ3v) is 3.20. The Labute approximate surface area is 115 Å². The summed E-state index contributed by atoms with van der Waals surface area (Å²) in [5.41, 5.74) is 1.17. The van der Waals surface area contributed by atoms with Gasteiger partial charge in [0.2, 0.25) is 0 Å². The van der Waals surface area contributed by atoms with Crippen molar-refractivity contribution in [3.8, 4) is 11.5 Å². The second-order valence-corrected chi connectivity index (χ2v) is 4.75. The number of hydrogen-bond acceptors (Lipinski definition) is 4. The molecule has 1 aliphatic heterocycles. The van der Waals surface area contributed by atoms with E-state index < -0.39 is 0 Å². The molecule has 1 N–H and O–H groups in total. The highest BCUT2D eigenvalue weighted by Gasteiger charge is 2.18. The molecule has 0 bridgehead atoms. The molecule has 0 amide bonds. The van der Waals surface area contributed by atoms with Crippen LogP contribution in [0.25, 0.3) is 0 Å². The van der Waals surface area contributed by atoms with E-state index in [1.165, 1.54) is 5.56 Å². The first kappa shape index (κ1) is 14.2. The van der Waals surface area contributed by atoms with Gasteiger partial charge in [-0.1, -0.05) is 13.0 Å². The van der Waals surface area contributed by atoms with Gasteiger partial charge < -0.3 is 19.5 Å². The van der Waals surface area contributed by atoms with Crippen molar-refractivity contribution in [3.63, 3.8) is 0 Å². The van der Waals surface area contributed by atoms with Crippen molar-refractivity contribution < 1.29 is 14.2 Å². The van der Waals surface area contributed by atoms with Crippen molar-refractivity contribution in [2.45, 2.75) is 32.4 Å². The molecule has 1 saturated heterocycles. The van der Waals surface area contributed by atoms with Crippen LogP contribution in [-0.2, 0) is 11.3 Å². The van der Waals surface area contributed by atoms with E-state index >= 15 is 0 Å². The summed E-state index contributed by atoms with van der Waals surface area (Å²) >= 11 is 0. The van der Waals surface area contributed by atoms with Crippen LogP contribution < -0.4 is 14.8 Å². The predicted molar refractivity (Wildman–Crippen MR) is 74.8 cm³/mol. The molecule has 0 spiro atoms. The molecule has 19 heavy (non-hydrogen) atoms. The quantitative estimate of drug-likeness (QED) is 0.768. The fourth-order valence-electron chi connectivity index (χ4n) is 2.10. The van der Waals surface area contributed by atoms with Gasteiger partial charge in [-0.25, -0.2) is 0 Å². The Kier molecular flexibility index (Phi) is 5.48. The van der Waals surface area contributed by atoms with Crippen LogP contribution in [0.4, 0.5) is 0 Å². The van der Waals surface area contributed by atoms with Crippen LogP contribution in [0.2, 0.25) is 0 Å². The summed E-state index contributed by atoms with van der Waals surface area (Å²) in [6.45, 7) is 5.46. The molecular formula is C15H23NO3. The molecule has 2 rings (SSSR count). The van der Waals surface area contributed by atoms with E-state index in [2.05, 4.69) is 18.3 Å². The summed E-state index contributed by atoms with van der Waals surface area (Å²) in [4.78, 5) is 0. The molecule has 0 saturated carbocycles. The average molecular weight is 265 g/mol. The Balaban J connectivity index is 2.06. The van der Waals surface area contributed by atoms with Crippen LogP contribution in [0.3, 0.4) is 0 Å². The normalized spacial score (nSPS) is 18.5. The zero-order valence-corrected chi connectivity index (χ0v) is 11.8. The lowest BCUT2D eigenvalue weighted by atomic mass is 10.1. The second kappa shape index (κ2) is 7.36. The van der Waals surface area contributed by atoms with Gasteiger partial charge >= 0.3 is 0 Å². The third-order valence-electron chi connectivity index (χ3n) is 3.20. The van der Waals surface area contributed by atoms with Gasteiger partial charge in [0.25, 0.3) is 0 Å². The Morgan fingerprint density at radius 2 is 2.32 bits per heavy atom. The van der Waals surface area contributed by atoms with Crippen molar-refractivity contribution in [2.24, 2.45) is 0 Å². The maximum atomic E-state index is 6.03. The largest absolute Gasteiger partial charge is 0.497 e. The summed E-state index contributed by atoms with van der Waals surface area (Å²) in [5, 5.41) is 3.40. The van der Waals surface area contributed by atoms with Gasteiger partial charge in [0.05, 0.1) is 20.3 Å². The van der Waals surface area contributed by atoms with Gasteiger partial charge in [-0.15, -0.1) is 0 Å². The van der Waals surface area contributed by atoms with Crippen LogP contribution in [0.1, 0.15) is 25.3 Å². The van der Waals surface area contributed by atoms with Crippen molar-refractivity contribution >= 4 is 0 Å². The second-order valence-electron chi connectivity index (χ2n) is 4.75. The third kappa shape index (κ3) is 4.11. The minimum atomic E-state index is 0.164. The molecular weight excluding hydrogens is 242 g/mol. The molecule has 1 aromatic carbocycles. The summed E-state index contributed by atoms with van der Waals surface area (Å²) in [7, 11) is 1.67. The molecule has 1 aliphatic rings. The van der Waals surface area contributed by atoms with E-state index in [0.29, 0.717) is 6.61 Å². The highest BCUT2D eigenvalue weighted by atomic mass is 16.5. The molecule has 0 aliphatic carbocycles. The minimum absolute atomic E-state index is 0.164. The fraction of sp³-hybridized carbons (Fsp3) is 0.600. The smallest absolute Gasteiger partial charge is 0.128 e.